The highest BCUT2D eigenvalue weighted by Crippen LogP contribution is 2.44. The summed E-state index contributed by atoms with van der Waals surface area (Å²) in [5, 5.41) is 21.7. The van der Waals surface area contributed by atoms with Crippen LogP contribution in [-0.2, 0) is 33.2 Å². The summed E-state index contributed by atoms with van der Waals surface area (Å²) in [6, 6.07) is 18.6. The summed E-state index contributed by atoms with van der Waals surface area (Å²) in [5.41, 5.74) is 8.49. The van der Waals surface area contributed by atoms with E-state index in [1.165, 1.54) is 16.5 Å². The van der Waals surface area contributed by atoms with Crippen molar-refractivity contribution in [2.24, 2.45) is 7.05 Å². The molecule has 0 spiro atoms. The van der Waals surface area contributed by atoms with Crippen LogP contribution in [0.1, 0.15) is 16.7 Å². The Labute approximate surface area is 157 Å². The highest BCUT2D eigenvalue weighted by atomic mass is 16.3. The van der Waals surface area contributed by atoms with E-state index in [0.29, 0.717) is 0 Å². The molecule has 0 bridgehead atoms. The zero-order chi connectivity index (χ0) is 18.5. The second kappa shape index (κ2) is 6.12. The average molecular weight is 358 g/mol. The van der Waals surface area contributed by atoms with Gasteiger partial charge < -0.3 is 19.3 Å². The van der Waals surface area contributed by atoms with Crippen molar-refractivity contribution < 1.29 is 10.2 Å². The van der Waals surface area contributed by atoms with Gasteiger partial charge in [0.15, 0.2) is 0 Å². The van der Waals surface area contributed by atoms with Crippen molar-refractivity contribution in [3.63, 3.8) is 0 Å². The van der Waals surface area contributed by atoms with Gasteiger partial charge in [-0.3, -0.25) is 0 Å². The summed E-state index contributed by atoms with van der Waals surface area (Å²) in [4.78, 5) is 0. The molecule has 0 unspecified atom stereocenters. The summed E-state index contributed by atoms with van der Waals surface area (Å²) in [6.07, 6.45) is 0.938. The number of aryl methyl sites for hydroxylation is 2. The van der Waals surface area contributed by atoms with Crippen molar-refractivity contribution in [3.8, 4) is 22.6 Å². The third-order valence-corrected chi connectivity index (χ3v) is 5.86. The molecule has 5 rings (SSSR count). The van der Waals surface area contributed by atoms with Crippen molar-refractivity contribution >= 4 is 10.9 Å². The number of aliphatic hydroxyl groups is 2. The summed E-state index contributed by atoms with van der Waals surface area (Å²) in [5.74, 6) is 0. The molecule has 0 aliphatic carbocycles. The number of hydrogen-bond donors (Lipinski definition) is 2. The molecule has 2 N–H and O–H groups in total. The lowest BCUT2D eigenvalue weighted by atomic mass is 10.00. The number of benzene rings is 2. The predicted octanol–water partition coefficient (Wildman–Crippen LogP) is 3.85. The standard InChI is InChI=1S/C23H22N2O2/c1-24-20-10-6-5-9-16(20)17-11-12-25-21(15-7-3-2-4-8-15)18(13-26)19(14-27)23(25)22(17)24/h2-10,26-27H,11-14H2,1H3. The summed E-state index contributed by atoms with van der Waals surface area (Å²) in [7, 11) is 2.09. The van der Waals surface area contributed by atoms with Crippen molar-refractivity contribution in [1.82, 2.24) is 9.13 Å². The largest absolute Gasteiger partial charge is 0.392 e. The van der Waals surface area contributed by atoms with Crippen LogP contribution in [0.3, 0.4) is 0 Å². The fourth-order valence-corrected chi connectivity index (χ4v) is 4.73. The minimum Gasteiger partial charge on any atom is -0.392 e. The predicted molar refractivity (Wildman–Crippen MR) is 107 cm³/mol. The number of nitrogens with zero attached hydrogens (tertiary/aromatic N) is 2. The Bertz CT molecular complexity index is 1150. The highest BCUT2D eigenvalue weighted by Gasteiger charge is 2.31. The molecule has 4 nitrogen and oxygen atoms in total. The number of hydrogen-bond acceptors (Lipinski definition) is 2. The number of fused-ring (bicyclic) bond motifs is 5. The highest BCUT2D eigenvalue weighted by molar-refractivity contribution is 5.93. The maximum atomic E-state index is 10.2. The summed E-state index contributed by atoms with van der Waals surface area (Å²) >= 11 is 0. The minimum absolute atomic E-state index is 0.0839. The van der Waals surface area contributed by atoms with Gasteiger partial charge in [0.25, 0.3) is 0 Å². The van der Waals surface area contributed by atoms with E-state index in [4.69, 9.17) is 0 Å². The maximum Gasteiger partial charge on any atom is 0.0715 e. The van der Waals surface area contributed by atoms with Crippen LogP contribution in [0.4, 0.5) is 0 Å². The Morgan fingerprint density at radius 1 is 0.815 bits per heavy atom. The molecule has 0 amide bonds. The molecule has 0 radical (unpaired) electrons. The molecule has 136 valence electrons. The van der Waals surface area contributed by atoms with E-state index in [0.717, 1.165) is 46.7 Å². The molecular weight excluding hydrogens is 336 g/mol. The van der Waals surface area contributed by atoms with E-state index < -0.39 is 0 Å². The first-order valence-electron chi connectivity index (χ1n) is 9.34. The normalized spacial score (nSPS) is 13.0. The molecule has 4 aromatic rings. The van der Waals surface area contributed by atoms with Crippen LogP contribution in [0, 0.1) is 0 Å². The second-order valence-corrected chi connectivity index (χ2v) is 7.14. The molecule has 1 aliphatic rings. The Morgan fingerprint density at radius 2 is 1.48 bits per heavy atom. The Kier molecular flexibility index (Phi) is 3.71. The quantitative estimate of drug-likeness (QED) is 0.584. The number of rotatable bonds is 3. The van der Waals surface area contributed by atoms with Crippen molar-refractivity contribution in [1.29, 1.82) is 0 Å². The first kappa shape index (κ1) is 16.4. The second-order valence-electron chi connectivity index (χ2n) is 7.14. The molecular formula is C23H22N2O2. The van der Waals surface area contributed by atoms with Crippen LogP contribution in [0.5, 0.6) is 0 Å². The van der Waals surface area contributed by atoms with Crippen molar-refractivity contribution in [2.75, 3.05) is 0 Å². The summed E-state index contributed by atoms with van der Waals surface area (Å²) < 4.78 is 4.51. The van der Waals surface area contributed by atoms with Gasteiger partial charge in [0.2, 0.25) is 0 Å². The molecule has 3 heterocycles. The van der Waals surface area contributed by atoms with Gasteiger partial charge in [-0.05, 0) is 23.6 Å². The van der Waals surface area contributed by atoms with Crippen LogP contribution in [0.15, 0.2) is 54.6 Å². The van der Waals surface area contributed by atoms with Crippen LogP contribution >= 0.6 is 0 Å². The van der Waals surface area contributed by atoms with Gasteiger partial charge in [0.05, 0.1) is 30.3 Å². The molecule has 0 atom stereocenters. The van der Waals surface area contributed by atoms with Crippen LogP contribution in [-0.4, -0.2) is 19.3 Å². The third-order valence-electron chi connectivity index (χ3n) is 5.86. The van der Waals surface area contributed by atoms with Gasteiger partial charge >= 0.3 is 0 Å². The van der Waals surface area contributed by atoms with Gasteiger partial charge in [-0.2, -0.15) is 0 Å². The Hall–Kier alpha value is -2.82. The van der Waals surface area contributed by atoms with Crippen molar-refractivity contribution in [3.05, 3.63) is 71.3 Å². The molecule has 0 fully saturated rings. The van der Waals surface area contributed by atoms with E-state index in [9.17, 15) is 10.2 Å². The van der Waals surface area contributed by atoms with E-state index >= 15 is 0 Å². The fourth-order valence-electron chi connectivity index (χ4n) is 4.73. The van der Waals surface area contributed by atoms with Gasteiger partial charge in [-0.25, -0.2) is 0 Å². The third kappa shape index (κ3) is 2.17. The summed E-state index contributed by atoms with van der Waals surface area (Å²) in [6.45, 7) is 0.673. The smallest absolute Gasteiger partial charge is 0.0715 e. The fraction of sp³-hybridized carbons (Fsp3) is 0.217. The lowest BCUT2D eigenvalue weighted by Gasteiger charge is -2.21. The molecule has 27 heavy (non-hydrogen) atoms. The van der Waals surface area contributed by atoms with Crippen LogP contribution in [0.2, 0.25) is 0 Å². The van der Waals surface area contributed by atoms with E-state index in [1.807, 2.05) is 18.2 Å². The zero-order valence-corrected chi connectivity index (χ0v) is 15.3. The molecule has 4 heteroatoms. The zero-order valence-electron chi connectivity index (χ0n) is 15.3. The first-order chi connectivity index (χ1) is 13.3. The Balaban J connectivity index is 1.90. The van der Waals surface area contributed by atoms with Gasteiger partial charge in [-0.15, -0.1) is 0 Å². The molecule has 2 aromatic carbocycles. The monoisotopic (exact) mass is 358 g/mol. The lowest BCUT2D eigenvalue weighted by molar-refractivity contribution is 0.261. The number of para-hydroxylation sites is 1. The van der Waals surface area contributed by atoms with Crippen molar-refractivity contribution in [2.45, 2.75) is 26.2 Å². The lowest BCUT2D eigenvalue weighted by Crippen LogP contribution is -2.13. The van der Waals surface area contributed by atoms with E-state index in [2.05, 4.69) is 52.6 Å². The number of aliphatic hydroxyl groups excluding tert-OH is 2. The molecule has 0 saturated carbocycles. The van der Waals surface area contributed by atoms with Gasteiger partial charge in [-0.1, -0.05) is 48.5 Å². The molecule has 0 saturated heterocycles. The molecule has 1 aliphatic heterocycles. The molecule has 2 aromatic heterocycles. The maximum absolute atomic E-state index is 10.2. The van der Waals surface area contributed by atoms with Gasteiger partial charge in [0, 0.05) is 35.6 Å². The SMILES string of the molecule is Cn1c2c(c3ccccc31)CCn1c(-c3ccccc3)c(CO)c(CO)c1-2. The minimum atomic E-state index is -0.0843. The topological polar surface area (TPSA) is 50.3 Å². The first-order valence-corrected chi connectivity index (χ1v) is 9.34. The van der Waals surface area contributed by atoms with E-state index in [1.54, 1.807) is 0 Å². The van der Waals surface area contributed by atoms with Gasteiger partial charge in [0.1, 0.15) is 0 Å². The van der Waals surface area contributed by atoms with Crippen LogP contribution in [0.25, 0.3) is 33.5 Å². The number of aromatic nitrogens is 2. The average Bonchev–Trinajstić information content (AvgIpc) is 3.21. The van der Waals surface area contributed by atoms with E-state index in [-0.39, 0.29) is 13.2 Å². The van der Waals surface area contributed by atoms with Crippen LogP contribution < -0.4 is 0 Å². The Morgan fingerprint density at radius 3 is 2.22 bits per heavy atom.